The van der Waals surface area contributed by atoms with Gasteiger partial charge in [-0.05, 0) is 31.5 Å². The van der Waals surface area contributed by atoms with E-state index < -0.39 is 0 Å². The molecule has 0 aromatic heterocycles. The Morgan fingerprint density at radius 2 is 2.17 bits per heavy atom. The second-order valence-electron chi connectivity index (χ2n) is 4.51. The highest BCUT2D eigenvalue weighted by molar-refractivity contribution is 5.94. The largest absolute Gasteiger partial charge is 0.395 e. The van der Waals surface area contributed by atoms with Gasteiger partial charge < -0.3 is 14.7 Å². The Morgan fingerprint density at radius 3 is 2.78 bits per heavy atom. The summed E-state index contributed by atoms with van der Waals surface area (Å²) >= 11 is 0. The molecular formula is C14H21NO3. The van der Waals surface area contributed by atoms with E-state index in [1.54, 1.807) is 13.1 Å². The predicted octanol–water partition coefficient (Wildman–Crippen LogP) is 1.68. The van der Waals surface area contributed by atoms with Gasteiger partial charge in [-0.1, -0.05) is 12.1 Å². The molecule has 0 aliphatic rings. The van der Waals surface area contributed by atoms with Crippen molar-refractivity contribution in [1.29, 1.82) is 0 Å². The molecule has 0 atom stereocenters. The van der Waals surface area contributed by atoms with E-state index in [1.165, 1.54) is 4.90 Å². The lowest BCUT2D eigenvalue weighted by atomic mass is 10.1. The van der Waals surface area contributed by atoms with Crippen molar-refractivity contribution in [3.05, 3.63) is 35.4 Å². The zero-order valence-electron chi connectivity index (χ0n) is 11.2. The van der Waals surface area contributed by atoms with Crippen molar-refractivity contribution in [2.45, 2.75) is 26.6 Å². The van der Waals surface area contributed by atoms with E-state index in [4.69, 9.17) is 9.84 Å². The lowest BCUT2D eigenvalue weighted by Crippen LogP contribution is -2.29. The molecule has 1 N–H and O–H groups in total. The van der Waals surface area contributed by atoms with Crippen molar-refractivity contribution in [2.75, 3.05) is 20.2 Å². The maximum atomic E-state index is 12.0. The molecule has 0 heterocycles. The number of benzene rings is 1. The molecule has 100 valence electrons. The maximum Gasteiger partial charge on any atom is 0.253 e. The van der Waals surface area contributed by atoms with Crippen molar-refractivity contribution in [3.8, 4) is 0 Å². The number of carbonyl (C=O) groups excluding carboxylic acids is 1. The van der Waals surface area contributed by atoms with Crippen LogP contribution in [0.3, 0.4) is 0 Å². The van der Waals surface area contributed by atoms with Crippen LogP contribution in [0.5, 0.6) is 0 Å². The molecule has 0 saturated heterocycles. The summed E-state index contributed by atoms with van der Waals surface area (Å²) in [5.41, 5.74) is 1.60. The predicted molar refractivity (Wildman–Crippen MR) is 70.4 cm³/mol. The number of aliphatic hydroxyl groups is 1. The second kappa shape index (κ2) is 7.13. The number of rotatable bonds is 6. The molecule has 1 rings (SSSR count). The molecule has 0 aliphatic heterocycles. The number of hydrogen-bond donors (Lipinski definition) is 1. The van der Waals surface area contributed by atoms with Crippen LogP contribution in [0.15, 0.2) is 24.3 Å². The summed E-state index contributed by atoms with van der Waals surface area (Å²) in [7, 11) is 1.68. The van der Waals surface area contributed by atoms with Gasteiger partial charge in [0.1, 0.15) is 0 Å². The van der Waals surface area contributed by atoms with Gasteiger partial charge >= 0.3 is 0 Å². The molecule has 0 unspecified atom stereocenters. The van der Waals surface area contributed by atoms with E-state index in [0.717, 1.165) is 5.56 Å². The lowest BCUT2D eigenvalue weighted by molar-refractivity contribution is 0.0655. The highest BCUT2D eigenvalue weighted by Gasteiger charge is 2.11. The van der Waals surface area contributed by atoms with Crippen LogP contribution < -0.4 is 0 Å². The fourth-order valence-electron chi connectivity index (χ4n) is 1.53. The maximum absolute atomic E-state index is 12.0. The zero-order chi connectivity index (χ0) is 13.5. The van der Waals surface area contributed by atoms with E-state index in [2.05, 4.69) is 0 Å². The van der Waals surface area contributed by atoms with E-state index in [9.17, 15) is 4.79 Å². The number of nitrogens with zero attached hydrogens (tertiary/aromatic N) is 1. The molecule has 1 aromatic carbocycles. The van der Waals surface area contributed by atoms with Crippen molar-refractivity contribution in [3.63, 3.8) is 0 Å². The summed E-state index contributed by atoms with van der Waals surface area (Å²) in [6.45, 7) is 4.76. The quantitative estimate of drug-likeness (QED) is 0.836. The molecule has 1 aromatic rings. The lowest BCUT2D eigenvalue weighted by Gasteiger charge is -2.16. The van der Waals surface area contributed by atoms with Gasteiger partial charge in [-0.3, -0.25) is 4.79 Å². The highest BCUT2D eigenvalue weighted by Crippen LogP contribution is 2.09. The number of carbonyl (C=O) groups is 1. The average molecular weight is 251 g/mol. The van der Waals surface area contributed by atoms with E-state index in [-0.39, 0.29) is 18.6 Å². The summed E-state index contributed by atoms with van der Waals surface area (Å²) in [6.07, 6.45) is 0.168. The van der Waals surface area contributed by atoms with Crippen molar-refractivity contribution in [1.82, 2.24) is 4.90 Å². The van der Waals surface area contributed by atoms with E-state index >= 15 is 0 Å². The van der Waals surface area contributed by atoms with Crippen LogP contribution in [0.1, 0.15) is 29.8 Å². The van der Waals surface area contributed by atoms with Gasteiger partial charge in [-0.25, -0.2) is 0 Å². The fourth-order valence-corrected chi connectivity index (χ4v) is 1.53. The molecule has 0 spiro atoms. The molecule has 18 heavy (non-hydrogen) atoms. The van der Waals surface area contributed by atoms with Crippen molar-refractivity contribution in [2.24, 2.45) is 0 Å². The Hall–Kier alpha value is -1.39. The summed E-state index contributed by atoms with van der Waals surface area (Å²) in [6, 6.07) is 7.39. The molecule has 0 radical (unpaired) electrons. The number of amides is 1. The fraction of sp³-hybridized carbons (Fsp3) is 0.500. The van der Waals surface area contributed by atoms with Gasteiger partial charge in [0, 0.05) is 19.2 Å². The smallest absolute Gasteiger partial charge is 0.253 e. The van der Waals surface area contributed by atoms with Gasteiger partial charge in [-0.2, -0.15) is 0 Å². The molecule has 4 nitrogen and oxygen atoms in total. The zero-order valence-corrected chi connectivity index (χ0v) is 11.2. The molecule has 0 bridgehead atoms. The molecule has 0 fully saturated rings. The first-order chi connectivity index (χ1) is 8.54. The third-order valence-electron chi connectivity index (χ3n) is 2.54. The number of aliphatic hydroxyl groups excluding tert-OH is 1. The summed E-state index contributed by atoms with van der Waals surface area (Å²) < 4.78 is 5.51. The minimum Gasteiger partial charge on any atom is -0.395 e. The third-order valence-corrected chi connectivity index (χ3v) is 2.54. The van der Waals surface area contributed by atoms with Gasteiger partial charge in [0.2, 0.25) is 0 Å². The first-order valence-corrected chi connectivity index (χ1v) is 6.11. The Kier molecular flexibility index (Phi) is 5.82. The first kappa shape index (κ1) is 14.7. The van der Waals surface area contributed by atoms with Crippen LogP contribution in [-0.4, -0.2) is 42.2 Å². The van der Waals surface area contributed by atoms with Crippen molar-refractivity contribution < 1.29 is 14.6 Å². The monoisotopic (exact) mass is 251 g/mol. The first-order valence-electron chi connectivity index (χ1n) is 6.11. The normalized spacial score (nSPS) is 10.7. The van der Waals surface area contributed by atoms with Crippen LogP contribution in [0.25, 0.3) is 0 Å². The number of likely N-dealkylation sites (N-methyl/N-ethyl adjacent to an activating group) is 1. The van der Waals surface area contributed by atoms with Gasteiger partial charge in [0.25, 0.3) is 5.91 Å². The van der Waals surface area contributed by atoms with Crippen molar-refractivity contribution >= 4 is 5.91 Å². The standard InChI is InChI=1S/C14H21NO3/c1-11(2)18-10-12-5-4-6-13(9-12)14(17)15(3)7-8-16/h4-6,9,11,16H,7-8,10H2,1-3H3. The minimum atomic E-state index is -0.0875. The summed E-state index contributed by atoms with van der Waals surface area (Å²) in [5.74, 6) is -0.0875. The molecule has 0 aliphatic carbocycles. The van der Waals surface area contributed by atoms with Gasteiger partial charge in [0.15, 0.2) is 0 Å². The SMILES string of the molecule is CC(C)OCc1cccc(C(=O)N(C)CCO)c1. The Labute approximate surface area is 108 Å². The average Bonchev–Trinajstić information content (AvgIpc) is 2.36. The number of hydrogen-bond acceptors (Lipinski definition) is 3. The summed E-state index contributed by atoms with van der Waals surface area (Å²) in [4.78, 5) is 13.5. The van der Waals surface area contributed by atoms with Gasteiger partial charge in [-0.15, -0.1) is 0 Å². The Balaban J connectivity index is 2.72. The van der Waals surface area contributed by atoms with Crippen LogP contribution in [0.4, 0.5) is 0 Å². The Bertz CT molecular complexity index is 390. The molecule has 4 heteroatoms. The topological polar surface area (TPSA) is 49.8 Å². The molecule has 1 amide bonds. The highest BCUT2D eigenvalue weighted by atomic mass is 16.5. The molecule has 0 saturated carbocycles. The number of ether oxygens (including phenoxy) is 1. The second-order valence-corrected chi connectivity index (χ2v) is 4.51. The summed E-state index contributed by atoms with van der Waals surface area (Å²) in [5, 5.41) is 8.82. The van der Waals surface area contributed by atoms with Crippen LogP contribution in [-0.2, 0) is 11.3 Å². The minimum absolute atomic E-state index is 0.0294. The van der Waals surface area contributed by atoms with E-state index in [1.807, 2.05) is 32.0 Å². The Morgan fingerprint density at radius 1 is 1.44 bits per heavy atom. The van der Waals surface area contributed by atoms with Gasteiger partial charge in [0.05, 0.1) is 19.3 Å². The van der Waals surface area contributed by atoms with Crippen LogP contribution in [0.2, 0.25) is 0 Å². The third kappa shape index (κ3) is 4.47. The molecular weight excluding hydrogens is 230 g/mol. The van der Waals surface area contributed by atoms with E-state index in [0.29, 0.717) is 18.7 Å². The van der Waals surface area contributed by atoms with Crippen LogP contribution in [0, 0.1) is 0 Å². The van der Waals surface area contributed by atoms with Crippen LogP contribution >= 0.6 is 0 Å².